The van der Waals surface area contributed by atoms with Gasteiger partial charge in [0.15, 0.2) is 11.6 Å². The van der Waals surface area contributed by atoms with E-state index >= 15 is 0 Å². The molecule has 2 aromatic rings. The topological polar surface area (TPSA) is 33.0 Å². The van der Waals surface area contributed by atoms with Crippen molar-refractivity contribution in [1.29, 1.82) is 5.26 Å². The molecule has 18 heavy (non-hydrogen) atoms. The van der Waals surface area contributed by atoms with Crippen molar-refractivity contribution in [2.45, 2.75) is 20.0 Å². The van der Waals surface area contributed by atoms with Crippen LogP contribution in [-0.4, -0.2) is 0 Å². The number of ether oxygens (including phenoxy) is 1. The summed E-state index contributed by atoms with van der Waals surface area (Å²) in [5.41, 5.74) is 0.296. The molecule has 92 valence electrons. The maximum atomic E-state index is 13.5. The number of hydrogen-bond acceptors (Lipinski definition) is 3. The molecule has 4 heteroatoms. The first-order valence-corrected chi connectivity index (χ1v) is 6.44. The van der Waals surface area contributed by atoms with Gasteiger partial charge in [0.1, 0.15) is 6.61 Å². The van der Waals surface area contributed by atoms with E-state index in [1.807, 2.05) is 12.1 Å². The number of rotatable bonds is 4. The highest BCUT2D eigenvalue weighted by Crippen LogP contribution is 2.22. The first kappa shape index (κ1) is 12.6. The molecule has 1 heterocycles. The molecular formula is C14H12FNOS. The summed E-state index contributed by atoms with van der Waals surface area (Å²) >= 11 is 1.67. The molecule has 2 nitrogen and oxygen atoms in total. The Morgan fingerprint density at radius 3 is 2.67 bits per heavy atom. The zero-order valence-electron chi connectivity index (χ0n) is 9.94. The lowest BCUT2D eigenvalue weighted by atomic mass is 10.2. The van der Waals surface area contributed by atoms with Gasteiger partial charge in [0, 0.05) is 9.75 Å². The Labute approximate surface area is 109 Å². The summed E-state index contributed by atoms with van der Waals surface area (Å²) in [5, 5.41) is 8.63. The standard InChI is InChI=1S/C14H12FNOS/c1-2-11-4-5-12(18-11)9-17-14-6-3-10(8-16)7-13(14)15/h3-7H,2,9H2,1H3. The van der Waals surface area contributed by atoms with Gasteiger partial charge < -0.3 is 4.74 Å². The summed E-state index contributed by atoms with van der Waals surface area (Å²) in [4.78, 5) is 2.35. The molecule has 0 unspecified atom stereocenters. The van der Waals surface area contributed by atoms with Gasteiger partial charge in [-0.15, -0.1) is 11.3 Å². The number of thiophene rings is 1. The summed E-state index contributed by atoms with van der Waals surface area (Å²) in [5.74, 6) is -0.318. The van der Waals surface area contributed by atoms with E-state index in [1.165, 1.54) is 17.0 Å². The molecule has 0 N–H and O–H groups in total. The second-order valence-corrected chi connectivity index (χ2v) is 5.02. The van der Waals surface area contributed by atoms with Crippen molar-refractivity contribution in [3.63, 3.8) is 0 Å². The van der Waals surface area contributed by atoms with E-state index in [9.17, 15) is 4.39 Å². The fraction of sp³-hybridized carbons (Fsp3) is 0.214. The average molecular weight is 261 g/mol. The van der Waals surface area contributed by atoms with Gasteiger partial charge in [0.25, 0.3) is 0 Å². The fourth-order valence-corrected chi connectivity index (χ4v) is 2.40. The van der Waals surface area contributed by atoms with Gasteiger partial charge in [-0.25, -0.2) is 4.39 Å². The third-order valence-corrected chi connectivity index (χ3v) is 3.70. The molecule has 0 aliphatic carbocycles. The smallest absolute Gasteiger partial charge is 0.166 e. The lowest BCUT2D eigenvalue weighted by Crippen LogP contribution is -1.95. The summed E-state index contributed by atoms with van der Waals surface area (Å²) < 4.78 is 18.9. The van der Waals surface area contributed by atoms with E-state index < -0.39 is 5.82 Å². The third-order valence-electron chi connectivity index (χ3n) is 2.50. The van der Waals surface area contributed by atoms with E-state index in [0.29, 0.717) is 12.2 Å². The number of nitriles is 1. The molecule has 0 saturated carbocycles. The number of aryl methyl sites for hydroxylation is 1. The Bertz CT molecular complexity index is 586. The van der Waals surface area contributed by atoms with Crippen LogP contribution in [0.2, 0.25) is 0 Å². The van der Waals surface area contributed by atoms with Crippen molar-refractivity contribution in [2.24, 2.45) is 0 Å². The van der Waals surface area contributed by atoms with Crippen molar-refractivity contribution in [2.75, 3.05) is 0 Å². The van der Waals surface area contributed by atoms with Gasteiger partial charge in [-0.1, -0.05) is 6.92 Å². The maximum Gasteiger partial charge on any atom is 0.166 e. The van der Waals surface area contributed by atoms with Gasteiger partial charge in [-0.3, -0.25) is 0 Å². The summed E-state index contributed by atoms with van der Waals surface area (Å²) in [6.45, 7) is 2.45. The van der Waals surface area contributed by atoms with E-state index in [2.05, 4.69) is 13.0 Å². The number of nitrogens with zero attached hydrogens (tertiary/aromatic N) is 1. The predicted molar refractivity (Wildman–Crippen MR) is 69.1 cm³/mol. The van der Waals surface area contributed by atoms with E-state index in [0.717, 1.165) is 11.3 Å². The molecule has 0 saturated heterocycles. The number of halogens is 1. The van der Waals surface area contributed by atoms with Gasteiger partial charge >= 0.3 is 0 Å². The highest BCUT2D eigenvalue weighted by Gasteiger charge is 2.06. The Kier molecular flexibility index (Phi) is 3.96. The lowest BCUT2D eigenvalue weighted by molar-refractivity contribution is 0.293. The molecule has 0 atom stereocenters. The Hall–Kier alpha value is -1.86. The monoisotopic (exact) mass is 261 g/mol. The molecule has 2 rings (SSSR count). The quantitative estimate of drug-likeness (QED) is 0.836. The number of hydrogen-bond donors (Lipinski definition) is 0. The lowest BCUT2D eigenvalue weighted by Gasteiger charge is -2.05. The Morgan fingerprint density at radius 2 is 2.06 bits per heavy atom. The second kappa shape index (κ2) is 5.65. The molecule has 0 bridgehead atoms. The first-order chi connectivity index (χ1) is 8.72. The van der Waals surface area contributed by atoms with Crippen LogP contribution in [0, 0.1) is 17.1 Å². The third kappa shape index (κ3) is 2.88. The van der Waals surface area contributed by atoms with Crippen LogP contribution in [0.25, 0.3) is 0 Å². The fourth-order valence-electron chi connectivity index (χ4n) is 1.53. The Morgan fingerprint density at radius 1 is 1.28 bits per heavy atom. The average Bonchev–Trinajstić information content (AvgIpc) is 2.85. The number of benzene rings is 1. The van der Waals surface area contributed by atoms with Crippen molar-refractivity contribution < 1.29 is 9.13 Å². The SMILES string of the molecule is CCc1ccc(COc2ccc(C#N)cc2F)s1. The van der Waals surface area contributed by atoms with E-state index in [4.69, 9.17) is 10.00 Å². The largest absolute Gasteiger partial charge is 0.485 e. The molecule has 1 aromatic carbocycles. The second-order valence-electron chi connectivity index (χ2n) is 3.77. The normalized spacial score (nSPS) is 10.1. The first-order valence-electron chi connectivity index (χ1n) is 5.63. The van der Waals surface area contributed by atoms with Crippen molar-refractivity contribution in [3.05, 3.63) is 51.5 Å². The molecule has 0 spiro atoms. The van der Waals surface area contributed by atoms with Crippen LogP contribution in [-0.2, 0) is 13.0 Å². The molecule has 0 aliphatic heterocycles. The summed E-state index contributed by atoms with van der Waals surface area (Å²) in [6.07, 6.45) is 0.996. The van der Waals surface area contributed by atoms with Crippen LogP contribution < -0.4 is 4.74 Å². The Balaban J connectivity index is 2.04. The molecule has 1 aromatic heterocycles. The molecule has 0 amide bonds. The van der Waals surface area contributed by atoms with Gasteiger partial charge in [0.2, 0.25) is 0 Å². The van der Waals surface area contributed by atoms with Crippen LogP contribution >= 0.6 is 11.3 Å². The van der Waals surface area contributed by atoms with Crippen molar-refractivity contribution in [3.8, 4) is 11.8 Å². The van der Waals surface area contributed by atoms with E-state index in [-0.39, 0.29) is 5.75 Å². The molecule has 0 aliphatic rings. The van der Waals surface area contributed by atoms with Crippen LogP contribution in [0.1, 0.15) is 22.2 Å². The highest BCUT2D eigenvalue weighted by molar-refractivity contribution is 7.11. The van der Waals surface area contributed by atoms with Crippen LogP contribution in [0.4, 0.5) is 4.39 Å². The minimum Gasteiger partial charge on any atom is -0.485 e. The molecular weight excluding hydrogens is 249 g/mol. The van der Waals surface area contributed by atoms with Crippen LogP contribution in [0.5, 0.6) is 5.75 Å². The minimum absolute atomic E-state index is 0.181. The minimum atomic E-state index is -0.499. The van der Waals surface area contributed by atoms with Crippen LogP contribution in [0.3, 0.4) is 0 Å². The summed E-state index contributed by atoms with van der Waals surface area (Å²) in [6, 6.07) is 10.1. The van der Waals surface area contributed by atoms with E-state index in [1.54, 1.807) is 17.4 Å². The summed E-state index contributed by atoms with van der Waals surface area (Å²) in [7, 11) is 0. The molecule has 0 radical (unpaired) electrons. The zero-order chi connectivity index (χ0) is 13.0. The van der Waals surface area contributed by atoms with Crippen molar-refractivity contribution >= 4 is 11.3 Å². The maximum absolute atomic E-state index is 13.5. The molecule has 0 fully saturated rings. The van der Waals surface area contributed by atoms with Gasteiger partial charge in [0.05, 0.1) is 11.6 Å². The van der Waals surface area contributed by atoms with Gasteiger partial charge in [-0.2, -0.15) is 5.26 Å². The van der Waals surface area contributed by atoms with Crippen LogP contribution in [0.15, 0.2) is 30.3 Å². The zero-order valence-corrected chi connectivity index (χ0v) is 10.8. The van der Waals surface area contributed by atoms with Gasteiger partial charge in [-0.05, 0) is 36.8 Å². The van der Waals surface area contributed by atoms with Crippen molar-refractivity contribution in [1.82, 2.24) is 0 Å². The highest BCUT2D eigenvalue weighted by atomic mass is 32.1. The predicted octanol–water partition coefficient (Wildman–Crippen LogP) is 3.90.